The van der Waals surface area contributed by atoms with Gasteiger partial charge in [0.2, 0.25) is 5.91 Å². The van der Waals surface area contributed by atoms with Gasteiger partial charge in [0.1, 0.15) is 11.5 Å². The van der Waals surface area contributed by atoms with Crippen LogP contribution in [0.4, 0.5) is 13.2 Å². The Hall–Kier alpha value is -3.23. The van der Waals surface area contributed by atoms with Crippen molar-refractivity contribution in [3.63, 3.8) is 0 Å². The molecule has 6 nitrogen and oxygen atoms in total. The molecule has 0 aliphatic heterocycles. The Morgan fingerprint density at radius 1 is 0.931 bits per heavy atom. The van der Waals surface area contributed by atoms with Crippen molar-refractivity contribution >= 4 is 11.8 Å². The van der Waals surface area contributed by atoms with Gasteiger partial charge >= 0.3 is 6.18 Å². The Labute approximate surface area is 166 Å². The predicted molar refractivity (Wildman–Crippen MR) is 99.1 cm³/mol. The molecule has 9 heteroatoms. The molecule has 0 saturated heterocycles. The SMILES string of the molecule is Cc1cccc(OCCCC(=O)NNC(=O)COc2cccc(C(F)(F)F)c2)c1. The summed E-state index contributed by atoms with van der Waals surface area (Å²) in [6, 6.07) is 11.7. The third-order valence-corrected chi connectivity index (χ3v) is 3.68. The van der Waals surface area contributed by atoms with Crippen LogP contribution in [0.2, 0.25) is 0 Å². The number of hydrazine groups is 1. The summed E-state index contributed by atoms with van der Waals surface area (Å²) in [5.41, 5.74) is 4.53. The zero-order valence-electron chi connectivity index (χ0n) is 15.7. The maximum absolute atomic E-state index is 12.6. The Morgan fingerprint density at radius 3 is 2.28 bits per heavy atom. The van der Waals surface area contributed by atoms with Crippen molar-refractivity contribution in [2.75, 3.05) is 13.2 Å². The molecule has 2 amide bonds. The Balaban J connectivity index is 1.63. The second-order valence-corrected chi connectivity index (χ2v) is 6.18. The Bertz CT molecular complexity index is 840. The first-order valence-corrected chi connectivity index (χ1v) is 8.81. The van der Waals surface area contributed by atoms with E-state index < -0.39 is 30.2 Å². The minimum absolute atomic E-state index is 0.102. The van der Waals surface area contributed by atoms with Crippen LogP contribution in [0, 0.1) is 6.92 Å². The third-order valence-electron chi connectivity index (χ3n) is 3.68. The molecule has 0 atom stereocenters. The molecule has 0 aliphatic rings. The van der Waals surface area contributed by atoms with Gasteiger partial charge in [0, 0.05) is 6.42 Å². The van der Waals surface area contributed by atoms with Crippen LogP contribution in [0.1, 0.15) is 24.0 Å². The fraction of sp³-hybridized carbons (Fsp3) is 0.300. The molecule has 156 valence electrons. The lowest BCUT2D eigenvalue weighted by molar-refractivity contribution is -0.137. The number of nitrogens with one attached hydrogen (secondary N) is 2. The fourth-order valence-electron chi connectivity index (χ4n) is 2.28. The summed E-state index contributed by atoms with van der Waals surface area (Å²) in [4.78, 5) is 23.3. The highest BCUT2D eigenvalue weighted by atomic mass is 19.4. The summed E-state index contributed by atoms with van der Waals surface area (Å²) in [6.45, 7) is 1.74. The van der Waals surface area contributed by atoms with Gasteiger partial charge in [0.25, 0.3) is 5.91 Å². The zero-order chi connectivity index (χ0) is 21.3. The first-order chi connectivity index (χ1) is 13.7. The van der Waals surface area contributed by atoms with E-state index in [1.165, 1.54) is 12.1 Å². The van der Waals surface area contributed by atoms with E-state index in [9.17, 15) is 22.8 Å². The molecule has 2 N–H and O–H groups in total. The van der Waals surface area contributed by atoms with Crippen molar-refractivity contribution in [1.82, 2.24) is 10.9 Å². The maximum atomic E-state index is 12.6. The Kier molecular flexibility index (Phi) is 7.88. The van der Waals surface area contributed by atoms with Crippen LogP contribution in [0.5, 0.6) is 11.5 Å². The van der Waals surface area contributed by atoms with Gasteiger partial charge in [-0.25, -0.2) is 0 Å². The van der Waals surface area contributed by atoms with Gasteiger partial charge in [0.15, 0.2) is 6.61 Å². The number of carbonyl (C=O) groups excluding carboxylic acids is 2. The summed E-state index contributed by atoms with van der Waals surface area (Å²) in [7, 11) is 0. The first-order valence-electron chi connectivity index (χ1n) is 8.81. The van der Waals surface area contributed by atoms with E-state index in [2.05, 4.69) is 10.9 Å². The van der Waals surface area contributed by atoms with Gasteiger partial charge in [-0.3, -0.25) is 20.4 Å². The lowest BCUT2D eigenvalue weighted by atomic mass is 10.2. The maximum Gasteiger partial charge on any atom is 0.416 e. The van der Waals surface area contributed by atoms with Crippen LogP contribution in [-0.2, 0) is 15.8 Å². The topological polar surface area (TPSA) is 76.7 Å². The van der Waals surface area contributed by atoms with E-state index in [0.717, 1.165) is 17.7 Å². The van der Waals surface area contributed by atoms with Crippen LogP contribution in [-0.4, -0.2) is 25.0 Å². The highest BCUT2D eigenvalue weighted by Crippen LogP contribution is 2.31. The van der Waals surface area contributed by atoms with Crippen molar-refractivity contribution < 1.29 is 32.2 Å². The van der Waals surface area contributed by atoms with Crippen LogP contribution < -0.4 is 20.3 Å². The number of amides is 2. The fourth-order valence-corrected chi connectivity index (χ4v) is 2.28. The van der Waals surface area contributed by atoms with E-state index in [4.69, 9.17) is 9.47 Å². The number of rotatable bonds is 8. The standard InChI is InChI=1S/C20H21F3N2O4/c1-14-5-2-7-16(11-14)28-10-4-9-18(26)24-25-19(27)13-29-17-8-3-6-15(12-17)20(21,22)23/h2-3,5-8,11-12H,4,9-10,13H2,1H3,(H,24,26)(H,25,27). The minimum atomic E-state index is -4.50. The minimum Gasteiger partial charge on any atom is -0.494 e. The largest absolute Gasteiger partial charge is 0.494 e. The van der Waals surface area contributed by atoms with Gasteiger partial charge < -0.3 is 9.47 Å². The summed E-state index contributed by atoms with van der Waals surface area (Å²) in [5.74, 6) is -0.517. The zero-order valence-corrected chi connectivity index (χ0v) is 15.7. The number of ether oxygens (including phenoxy) is 2. The summed E-state index contributed by atoms with van der Waals surface area (Å²) in [5, 5.41) is 0. The van der Waals surface area contributed by atoms with Crippen molar-refractivity contribution in [3.8, 4) is 11.5 Å². The van der Waals surface area contributed by atoms with Crippen molar-refractivity contribution in [2.24, 2.45) is 0 Å². The van der Waals surface area contributed by atoms with Crippen molar-refractivity contribution in [2.45, 2.75) is 25.9 Å². The van der Waals surface area contributed by atoms with E-state index in [-0.39, 0.29) is 12.2 Å². The molecule has 2 aromatic carbocycles. The lowest BCUT2D eigenvalue weighted by Gasteiger charge is -2.11. The van der Waals surface area contributed by atoms with E-state index in [0.29, 0.717) is 18.8 Å². The molecule has 0 bridgehead atoms. The van der Waals surface area contributed by atoms with Gasteiger partial charge in [-0.05, 0) is 49.2 Å². The smallest absolute Gasteiger partial charge is 0.416 e. The molecule has 0 unspecified atom stereocenters. The number of halogens is 3. The van der Waals surface area contributed by atoms with Gasteiger partial charge in [-0.2, -0.15) is 13.2 Å². The quantitative estimate of drug-likeness (QED) is 0.517. The second-order valence-electron chi connectivity index (χ2n) is 6.18. The monoisotopic (exact) mass is 410 g/mol. The normalized spacial score (nSPS) is 10.9. The molecular formula is C20H21F3N2O4. The van der Waals surface area contributed by atoms with Crippen molar-refractivity contribution in [3.05, 3.63) is 59.7 Å². The number of alkyl halides is 3. The van der Waals surface area contributed by atoms with Crippen molar-refractivity contribution in [1.29, 1.82) is 0 Å². The van der Waals surface area contributed by atoms with Crippen LogP contribution in [0.3, 0.4) is 0 Å². The van der Waals surface area contributed by atoms with Gasteiger partial charge in [-0.15, -0.1) is 0 Å². The number of benzene rings is 2. The van der Waals surface area contributed by atoms with Crippen LogP contribution in [0.15, 0.2) is 48.5 Å². The second kappa shape index (κ2) is 10.4. The van der Waals surface area contributed by atoms with Gasteiger partial charge in [-0.1, -0.05) is 18.2 Å². The third kappa shape index (κ3) is 8.12. The highest BCUT2D eigenvalue weighted by molar-refractivity contribution is 5.82. The predicted octanol–water partition coefficient (Wildman–Crippen LogP) is 3.40. The number of hydrogen-bond donors (Lipinski definition) is 2. The molecule has 0 radical (unpaired) electrons. The Morgan fingerprint density at radius 2 is 1.59 bits per heavy atom. The summed E-state index contributed by atoms with van der Waals surface area (Å²) < 4.78 is 48.4. The average molecular weight is 410 g/mol. The molecule has 0 aromatic heterocycles. The molecular weight excluding hydrogens is 389 g/mol. The number of hydrogen-bond acceptors (Lipinski definition) is 4. The van der Waals surface area contributed by atoms with E-state index in [1.807, 2.05) is 31.2 Å². The van der Waals surface area contributed by atoms with E-state index >= 15 is 0 Å². The molecule has 2 rings (SSSR count). The molecule has 0 aliphatic carbocycles. The average Bonchev–Trinajstić information content (AvgIpc) is 2.68. The number of aryl methyl sites for hydroxylation is 1. The highest BCUT2D eigenvalue weighted by Gasteiger charge is 2.30. The van der Waals surface area contributed by atoms with Gasteiger partial charge in [0.05, 0.1) is 12.2 Å². The van der Waals surface area contributed by atoms with Crippen LogP contribution >= 0.6 is 0 Å². The van der Waals surface area contributed by atoms with Crippen LogP contribution in [0.25, 0.3) is 0 Å². The molecule has 29 heavy (non-hydrogen) atoms. The first kappa shape index (κ1) is 22.1. The number of carbonyl (C=O) groups is 2. The summed E-state index contributed by atoms with van der Waals surface area (Å²) in [6.07, 6.45) is -3.93. The summed E-state index contributed by atoms with van der Waals surface area (Å²) >= 11 is 0. The molecule has 0 saturated carbocycles. The lowest BCUT2D eigenvalue weighted by Crippen LogP contribution is -2.43. The molecule has 0 heterocycles. The molecule has 2 aromatic rings. The van der Waals surface area contributed by atoms with E-state index in [1.54, 1.807) is 0 Å². The molecule has 0 fully saturated rings. The molecule has 0 spiro atoms.